The highest BCUT2D eigenvalue weighted by Crippen LogP contribution is 2.01. The molecule has 50 valence electrons. The van der Waals surface area contributed by atoms with Crippen LogP contribution >= 0.6 is 12.6 Å². The molecule has 0 fully saturated rings. The lowest BCUT2D eigenvalue weighted by Gasteiger charge is -1.83. The SMILES string of the molecule is C=C/C=C(S)\C=C/CC. The monoisotopic (exact) mass is 140 g/mol. The van der Waals surface area contributed by atoms with Crippen LogP contribution in [0.1, 0.15) is 13.3 Å². The van der Waals surface area contributed by atoms with Crippen molar-refractivity contribution < 1.29 is 0 Å². The molecule has 1 heteroatoms. The van der Waals surface area contributed by atoms with Crippen LogP contribution in [0, 0.1) is 0 Å². The van der Waals surface area contributed by atoms with E-state index in [9.17, 15) is 0 Å². The van der Waals surface area contributed by atoms with Crippen LogP contribution < -0.4 is 0 Å². The van der Waals surface area contributed by atoms with Crippen LogP contribution in [0.3, 0.4) is 0 Å². The Labute approximate surface area is 62.4 Å². The molecule has 0 heterocycles. The third kappa shape index (κ3) is 5.44. The fraction of sp³-hybridized carbons (Fsp3) is 0.250. The summed E-state index contributed by atoms with van der Waals surface area (Å²) in [4.78, 5) is 0.951. The predicted molar refractivity (Wildman–Crippen MR) is 46.7 cm³/mol. The molecule has 0 aliphatic rings. The van der Waals surface area contributed by atoms with Crippen molar-refractivity contribution in [2.45, 2.75) is 13.3 Å². The maximum Gasteiger partial charge on any atom is 0.00365 e. The van der Waals surface area contributed by atoms with Crippen molar-refractivity contribution in [2.24, 2.45) is 0 Å². The summed E-state index contributed by atoms with van der Waals surface area (Å²) in [5.41, 5.74) is 0. The van der Waals surface area contributed by atoms with Crippen molar-refractivity contribution in [3.05, 3.63) is 35.8 Å². The Hall–Kier alpha value is -0.430. The van der Waals surface area contributed by atoms with E-state index in [0.29, 0.717) is 0 Å². The van der Waals surface area contributed by atoms with E-state index in [1.165, 1.54) is 0 Å². The van der Waals surface area contributed by atoms with E-state index < -0.39 is 0 Å². The summed E-state index contributed by atoms with van der Waals surface area (Å²) in [5.74, 6) is 0. The van der Waals surface area contributed by atoms with Gasteiger partial charge in [0.25, 0.3) is 0 Å². The van der Waals surface area contributed by atoms with Gasteiger partial charge in [0.2, 0.25) is 0 Å². The van der Waals surface area contributed by atoms with Crippen molar-refractivity contribution in [3.63, 3.8) is 0 Å². The lowest BCUT2D eigenvalue weighted by atomic mass is 10.4. The summed E-state index contributed by atoms with van der Waals surface area (Å²) < 4.78 is 0. The zero-order valence-electron chi connectivity index (χ0n) is 5.67. The van der Waals surface area contributed by atoms with E-state index in [-0.39, 0.29) is 0 Å². The molecule has 0 aromatic rings. The molecule has 0 aliphatic heterocycles. The Balaban J connectivity index is 3.74. The van der Waals surface area contributed by atoms with Gasteiger partial charge in [-0.1, -0.05) is 31.7 Å². The van der Waals surface area contributed by atoms with Crippen molar-refractivity contribution in [3.8, 4) is 0 Å². The zero-order chi connectivity index (χ0) is 7.11. The predicted octanol–water partition coefficient (Wildman–Crippen LogP) is 2.95. The van der Waals surface area contributed by atoms with Gasteiger partial charge in [0.15, 0.2) is 0 Å². The number of thiol groups is 1. The topological polar surface area (TPSA) is 0 Å². The minimum Gasteiger partial charge on any atom is -0.143 e. The molecule has 0 radical (unpaired) electrons. The van der Waals surface area contributed by atoms with Gasteiger partial charge in [0.1, 0.15) is 0 Å². The largest absolute Gasteiger partial charge is 0.143 e. The lowest BCUT2D eigenvalue weighted by molar-refractivity contribution is 1.22. The van der Waals surface area contributed by atoms with Gasteiger partial charge in [0.05, 0.1) is 0 Å². The van der Waals surface area contributed by atoms with Gasteiger partial charge in [0, 0.05) is 4.91 Å². The molecule has 0 amide bonds. The fourth-order valence-electron chi connectivity index (χ4n) is 0.415. The van der Waals surface area contributed by atoms with Crippen LogP contribution in [-0.4, -0.2) is 0 Å². The first-order valence-corrected chi connectivity index (χ1v) is 3.44. The Kier molecular flexibility index (Phi) is 5.43. The van der Waals surface area contributed by atoms with Crippen LogP contribution in [0.5, 0.6) is 0 Å². The van der Waals surface area contributed by atoms with Crippen LogP contribution in [0.15, 0.2) is 35.8 Å². The Bertz CT molecular complexity index is 132. The second-order valence-electron chi connectivity index (χ2n) is 1.64. The van der Waals surface area contributed by atoms with Gasteiger partial charge in [-0.15, -0.1) is 12.6 Å². The molecule has 0 aliphatic carbocycles. The third-order valence-electron chi connectivity index (χ3n) is 0.813. The van der Waals surface area contributed by atoms with E-state index in [0.717, 1.165) is 11.3 Å². The summed E-state index contributed by atoms with van der Waals surface area (Å²) in [7, 11) is 0. The standard InChI is InChI=1S/C8H12S/c1-3-5-7-8(9)6-4-2/h4-7,9H,2-3H2,1H3/b7-5-,8-6+. The van der Waals surface area contributed by atoms with Crippen molar-refractivity contribution in [2.75, 3.05) is 0 Å². The molecule has 9 heavy (non-hydrogen) atoms. The molecule has 0 bridgehead atoms. The molecular formula is C8H12S. The highest BCUT2D eigenvalue weighted by molar-refractivity contribution is 7.84. The second-order valence-corrected chi connectivity index (χ2v) is 2.15. The van der Waals surface area contributed by atoms with Crippen molar-refractivity contribution in [1.82, 2.24) is 0 Å². The normalized spacial score (nSPS) is 12.4. The van der Waals surface area contributed by atoms with Crippen LogP contribution in [-0.2, 0) is 0 Å². The maximum atomic E-state index is 4.15. The lowest BCUT2D eigenvalue weighted by Crippen LogP contribution is -1.60. The van der Waals surface area contributed by atoms with E-state index in [1.807, 2.05) is 12.2 Å². The van der Waals surface area contributed by atoms with E-state index >= 15 is 0 Å². The molecule has 0 N–H and O–H groups in total. The maximum absolute atomic E-state index is 4.15. The van der Waals surface area contributed by atoms with Crippen molar-refractivity contribution in [1.29, 1.82) is 0 Å². The summed E-state index contributed by atoms with van der Waals surface area (Å²) in [6.45, 7) is 5.64. The molecule has 0 aromatic heterocycles. The minimum atomic E-state index is 0.951. The van der Waals surface area contributed by atoms with Gasteiger partial charge in [-0.3, -0.25) is 0 Å². The average Bonchev–Trinajstić information content (AvgIpc) is 1.85. The minimum absolute atomic E-state index is 0.951. The van der Waals surface area contributed by atoms with Gasteiger partial charge >= 0.3 is 0 Å². The van der Waals surface area contributed by atoms with Gasteiger partial charge in [-0.2, -0.15) is 0 Å². The quantitative estimate of drug-likeness (QED) is 0.452. The van der Waals surface area contributed by atoms with Gasteiger partial charge in [-0.25, -0.2) is 0 Å². The second kappa shape index (κ2) is 5.70. The first kappa shape index (κ1) is 8.57. The Morgan fingerprint density at radius 2 is 2.33 bits per heavy atom. The molecule has 0 saturated heterocycles. The number of hydrogen-bond donors (Lipinski definition) is 1. The van der Waals surface area contributed by atoms with E-state index in [2.05, 4.69) is 32.2 Å². The summed E-state index contributed by atoms with van der Waals surface area (Å²) in [6.07, 6.45) is 8.65. The summed E-state index contributed by atoms with van der Waals surface area (Å²) >= 11 is 4.15. The summed E-state index contributed by atoms with van der Waals surface area (Å²) in [6, 6.07) is 0. The van der Waals surface area contributed by atoms with E-state index in [4.69, 9.17) is 0 Å². The molecule has 0 nitrogen and oxygen atoms in total. The van der Waals surface area contributed by atoms with Crippen LogP contribution in [0.4, 0.5) is 0 Å². The number of rotatable bonds is 3. The highest BCUT2D eigenvalue weighted by atomic mass is 32.1. The number of allylic oxidation sites excluding steroid dienone is 4. The molecule has 0 spiro atoms. The van der Waals surface area contributed by atoms with Gasteiger partial charge in [-0.05, 0) is 12.5 Å². The summed E-state index contributed by atoms with van der Waals surface area (Å²) in [5, 5.41) is 0. The first-order valence-electron chi connectivity index (χ1n) is 2.99. The molecule has 0 unspecified atom stereocenters. The van der Waals surface area contributed by atoms with E-state index in [1.54, 1.807) is 6.08 Å². The molecule has 0 saturated carbocycles. The average molecular weight is 140 g/mol. The van der Waals surface area contributed by atoms with Crippen molar-refractivity contribution >= 4 is 12.6 Å². The smallest absolute Gasteiger partial charge is 0.00365 e. The third-order valence-corrected chi connectivity index (χ3v) is 1.11. The fourth-order valence-corrected chi connectivity index (χ4v) is 0.626. The Morgan fingerprint density at radius 3 is 2.78 bits per heavy atom. The molecule has 0 rings (SSSR count). The highest BCUT2D eigenvalue weighted by Gasteiger charge is 1.75. The van der Waals surface area contributed by atoms with Crippen LogP contribution in [0.2, 0.25) is 0 Å². The Morgan fingerprint density at radius 1 is 1.67 bits per heavy atom. The molecule has 0 atom stereocenters. The zero-order valence-corrected chi connectivity index (χ0v) is 6.57. The van der Waals surface area contributed by atoms with Gasteiger partial charge < -0.3 is 0 Å². The molecular weight excluding hydrogens is 128 g/mol. The number of hydrogen-bond acceptors (Lipinski definition) is 1. The first-order chi connectivity index (χ1) is 4.31. The van der Waals surface area contributed by atoms with Crippen LogP contribution in [0.25, 0.3) is 0 Å². The molecule has 0 aromatic carbocycles.